The summed E-state index contributed by atoms with van der Waals surface area (Å²) in [6, 6.07) is 24.2. The van der Waals surface area contributed by atoms with Crippen LogP contribution in [0.5, 0.6) is 0 Å². The summed E-state index contributed by atoms with van der Waals surface area (Å²) in [5.74, 6) is 0.586. The van der Waals surface area contributed by atoms with Crippen molar-refractivity contribution < 1.29 is 14.0 Å². The van der Waals surface area contributed by atoms with Gasteiger partial charge in [-0.15, -0.1) is 0 Å². The molecule has 1 aliphatic rings. The fourth-order valence-corrected chi connectivity index (χ4v) is 4.03. The summed E-state index contributed by atoms with van der Waals surface area (Å²) in [7, 11) is 0. The largest absolute Gasteiger partial charge is 0.467 e. The van der Waals surface area contributed by atoms with Gasteiger partial charge in [0.2, 0.25) is 5.91 Å². The molecule has 2 heterocycles. The lowest BCUT2D eigenvalue weighted by Gasteiger charge is -2.39. The van der Waals surface area contributed by atoms with Gasteiger partial charge in [-0.1, -0.05) is 60.7 Å². The average molecular weight is 433 g/mol. The summed E-state index contributed by atoms with van der Waals surface area (Å²) in [5, 5.41) is 5.31. The second-order valence-corrected chi connectivity index (χ2v) is 7.76. The van der Waals surface area contributed by atoms with E-state index in [0.717, 1.165) is 13.1 Å². The maximum atomic E-state index is 12.6. The van der Waals surface area contributed by atoms with Crippen LogP contribution in [-0.4, -0.2) is 54.5 Å². The minimum absolute atomic E-state index is 0.0230. The molecule has 3 aromatic rings. The van der Waals surface area contributed by atoms with Gasteiger partial charge in [0.05, 0.1) is 25.4 Å². The molecule has 3 amide bonds. The quantitative estimate of drug-likeness (QED) is 0.602. The van der Waals surface area contributed by atoms with Crippen molar-refractivity contribution in [3.63, 3.8) is 0 Å². The smallest absolute Gasteiger partial charge is 0.315 e. The van der Waals surface area contributed by atoms with Gasteiger partial charge >= 0.3 is 6.03 Å². The first-order valence-electron chi connectivity index (χ1n) is 10.9. The maximum Gasteiger partial charge on any atom is 0.315 e. The molecule has 1 aliphatic heterocycles. The van der Waals surface area contributed by atoms with Crippen molar-refractivity contribution in [3.05, 3.63) is 95.9 Å². The number of urea groups is 1. The van der Waals surface area contributed by atoms with E-state index in [-0.39, 0.29) is 31.1 Å². The van der Waals surface area contributed by atoms with E-state index in [1.54, 1.807) is 18.4 Å². The Labute approximate surface area is 188 Å². The van der Waals surface area contributed by atoms with Crippen molar-refractivity contribution in [2.45, 2.75) is 12.6 Å². The van der Waals surface area contributed by atoms with Crippen molar-refractivity contribution in [3.8, 4) is 0 Å². The third-order valence-corrected chi connectivity index (χ3v) is 5.67. The second-order valence-electron chi connectivity index (χ2n) is 7.76. The van der Waals surface area contributed by atoms with Gasteiger partial charge in [0.25, 0.3) is 0 Å². The fourth-order valence-electron chi connectivity index (χ4n) is 4.03. The van der Waals surface area contributed by atoms with Crippen LogP contribution in [0.4, 0.5) is 4.79 Å². The fraction of sp³-hybridized carbons (Fsp3) is 0.280. The third-order valence-electron chi connectivity index (χ3n) is 5.67. The Balaban J connectivity index is 1.29. The number of amides is 3. The molecule has 0 radical (unpaired) electrons. The van der Waals surface area contributed by atoms with Gasteiger partial charge < -0.3 is 20.0 Å². The van der Waals surface area contributed by atoms with Gasteiger partial charge in [-0.3, -0.25) is 9.69 Å². The molecule has 4 rings (SSSR count). The number of carbonyl (C=O) groups is 2. The number of furan rings is 1. The minimum atomic E-state index is -0.387. The number of nitrogens with zero attached hydrogens (tertiary/aromatic N) is 2. The summed E-state index contributed by atoms with van der Waals surface area (Å²) in [6.07, 6.45) is 1.55. The van der Waals surface area contributed by atoms with Gasteiger partial charge in [-0.05, 0) is 23.3 Å². The third kappa shape index (κ3) is 5.56. The molecule has 1 aromatic heterocycles. The monoisotopic (exact) mass is 432 g/mol. The molecule has 1 fully saturated rings. The van der Waals surface area contributed by atoms with Gasteiger partial charge in [0.1, 0.15) is 5.76 Å². The number of hydrogen-bond donors (Lipinski definition) is 2. The lowest BCUT2D eigenvalue weighted by atomic mass is 9.96. The van der Waals surface area contributed by atoms with E-state index in [1.165, 1.54) is 11.1 Å². The van der Waals surface area contributed by atoms with Crippen LogP contribution >= 0.6 is 0 Å². The van der Waals surface area contributed by atoms with Crippen LogP contribution in [-0.2, 0) is 11.3 Å². The molecule has 0 unspecified atom stereocenters. The summed E-state index contributed by atoms with van der Waals surface area (Å²) >= 11 is 0. The van der Waals surface area contributed by atoms with Crippen molar-refractivity contribution in [2.75, 3.05) is 32.7 Å². The van der Waals surface area contributed by atoms with Crippen LogP contribution in [0.1, 0.15) is 22.9 Å². The number of rotatable bonds is 7. The number of nitrogens with one attached hydrogen (secondary N) is 2. The number of hydrogen-bond acceptors (Lipinski definition) is 4. The molecule has 7 heteroatoms. The molecule has 0 atom stereocenters. The Morgan fingerprint density at radius 3 is 2.00 bits per heavy atom. The lowest BCUT2D eigenvalue weighted by Crippen LogP contribution is -2.52. The number of piperazine rings is 1. The minimum Gasteiger partial charge on any atom is -0.467 e. The predicted octanol–water partition coefficient (Wildman–Crippen LogP) is 3.01. The molecule has 0 bridgehead atoms. The molecule has 0 aliphatic carbocycles. The Bertz CT molecular complexity index is 945. The molecule has 0 saturated carbocycles. The van der Waals surface area contributed by atoms with Crippen LogP contribution in [0.25, 0.3) is 0 Å². The van der Waals surface area contributed by atoms with Crippen molar-refractivity contribution in [2.24, 2.45) is 0 Å². The van der Waals surface area contributed by atoms with E-state index in [1.807, 2.05) is 17.0 Å². The molecule has 7 nitrogen and oxygen atoms in total. The Kier molecular flexibility index (Phi) is 7.19. The standard InChI is InChI=1S/C25H28N4O3/c30-23(19-27-25(31)26-18-22-12-7-17-32-22)28-13-15-29(16-14-28)24(20-8-3-1-4-9-20)21-10-5-2-6-11-21/h1-12,17,24H,13-16,18-19H2,(H2,26,27,31). The molecule has 32 heavy (non-hydrogen) atoms. The van der Waals surface area contributed by atoms with E-state index < -0.39 is 0 Å². The lowest BCUT2D eigenvalue weighted by molar-refractivity contribution is -0.132. The molecule has 0 spiro atoms. The summed E-state index contributed by atoms with van der Waals surface area (Å²) < 4.78 is 5.18. The topological polar surface area (TPSA) is 77.8 Å². The molecular formula is C25H28N4O3. The zero-order valence-corrected chi connectivity index (χ0v) is 17.9. The Hall–Kier alpha value is -3.58. The van der Waals surface area contributed by atoms with E-state index in [0.29, 0.717) is 18.8 Å². The van der Waals surface area contributed by atoms with E-state index in [2.05, 4.69) is 64.1 Å². The average Bonchev–Trinajstić information content (AvgIpc) is 3.37. The first-order chi connectivity index (χ1) is 15.7. The number of benzene rings is 2. The SMILES string of the molecule is O=C(NCC(=O)N1CCN(C(c2ccccc2)c2ccccc2)CC1)NCc1ccco1. The summed E-state index contributed by atoms with van der Waals surface area (Å²) in [4.78, 5) is 28.8. The van der Waals surface area contributed by atoms with Gasteiger partial charge in [0.15, 0.2) is 0 Å². The molecule has 2 N–H and O–H groups in total. The normalized spacial score (nSPS) is 14.3. The van der Waals surface area contributed by atoms with E-state index >= 15 is 0 Å². The highest BCUT2D eigenvalue weighted by Crippen LogP contribution is 2.29. The van der Waals surface area contributed by atoms with Gasteiger partial charge in [-0.2, -0.15) is 0 Å². The predicted molar refractivity (Wildman–Crippen MR) is 122 cm³/mol. The highest BCUT2D eigenvalue weighted by atomic mass is 16.3. The van der Waals surface area contributed by atoms with Crippen LogP contribution in [0, 0.1) is 0 Å². The maximum absolute atomic E-state index is 12.6. The van der Waals surface area contributed by atoms with Crippen LogP contribution in [0.2, 0.25) is 0 Å². The first kappa shape index (κ1) is 21.6. The van der Waals surface area contributed by atoms with Crippen LogP contribution < -0.4 is 10.6 Å². The molecule has 2 aromatic carbocycles. The van der Waals surface area contributed by atoms with Crippen LogP contribution in [0.3, 0.4) is 0 Å². The van der Waals surface area contributed by atoms with Crippen LogP contribution in [0.15, 0.2) is 83.5 Å². The van der Waals surface area contributed by atoms with Gasteiger partial charge in [0, 0.05) is 26.2 Å². The van der Waals surface area contributed by atoms with E-state index in [4.69, 9.17) is 4.42 Å². The van der Waals surface area contributed by atoms with Crippen molar-refractivity contribution in [1.82, 2.24) is 20.4 Å². The zero-order valence-electron chi connectivity index (χ0n) is 17.9. The second kappa shape index (κ2) is 10.6. The zero-order chi connectivity index (χ0) is 22.2. The van der Waals surface area contributed by atoms with Gasteiger partial charge in [-0.25, -0.2) is 4.79 Å². The molecular weight excluding hydrogens is 404 g/mol. The molecule has 1 saturated heterocycles. The molecule has 166 valence electrons. The van der Waals surface area contributed by atoms with Crippen molar-refractivity contribution >= 4 is 11.9 Å². The Morgan fingerprint density at radius 1 is 0.812 bits per heavy atom. The van der Waals surface area contributed by atoms with E-state index in [9.17, 15) is 9.59 Å². The summed E-state index contributed by atoms with van der Waals surface area (Å²) in [5.41, 5.74) is 2.49. The summed E-state index contributed by atoms with van der Waals surface area (Å²) in [6.45, 7) is 3.06. The highest BCUT2D eigenvalue weighted by molar-refractivity contribution is 5.84. The Morgan fingerprint density at radius 2 is 1.44 bits per heavy atom. The highest BCUT2D eigenvalue weighted by Gasteiger charge is 2.28. The first-order valence-corrected chi connectivity index (χ1v) is 10.9. The van der Waals surface area contributed by atoms with Crippen molar-refractivity contribution in [1.29, 1.82) is 0 Å². The number of carbonyl (C=O) groups excluding carboxylic acids is 2.